The highest BCUT2D eigenvalue weighted by Gasteiger charge is 2.51. The molecular formula is C22H36O4Si. The van der Waals surface area contributed by atoms with Crippen LogP contribution in [0.1, 0.15) is 53.2 Å². The monoisotopic (exact) mass is 392 g/mol. The second-order valence-corrected chi connectivity index (χ2v) is 13.9. The van der Waals surface area contributed by atoms with E-state index in [1.165, 1.54) is 7.11 Å². The zero-order chi connectivity index (χ0) is 20.8. The van der Waals surface area contributed by atoms with Crippen molar-refractivity contribution in [3.8, 4) is 0 Å². The van der Waals surface area contributed by atoms with E-state index < -0.39 is 20.3 Å². The van der Waals surface area contributed by atoms with Gasteiger partial charge in [-0.1, -0.05) is 78.5 Å². The molecule has 0 heterocycles. The smallest absolute Gasteiger partial charge is 0.147 e. The van der Waals surface area contributed by atoms with Crippen molar-refractivity contribution in [2.45, 2.75) is 70.4 Å². The largest absolute Gasteiger partial charge is 0.385 e. The Morgan fingerprint density at radius 3 is 1.93 bits per heavy atom. The van der Waals surface area contributed by atoms with Gasteiger partial charge < -0.3 is 19.4 Å². The molecule has 1 rings (SSSR count). The fourth-order valence-electron chi connectivity index (χ4n) is 4.54. The molecule has 4 nitrogen and oxygen atoms in total. The van der Waals surface area contributed by atoms with Crippen molar-refractivity contribution in [1.82, 2.24) is 0 Å². The third-order valence-corrected chi connectivity index (χ3v) is 12.5. The second-order valence-electron chi connectivity index (χ2n) is 8.10. The van der Waals surface area contributed by atoms with E-state index in [-0.39, 0.29) is 34.4 Å². The van der Waals surface area contributed by atoms with E-state index in [9.17, 15) is 9.90 Å². The Bertz CT molecular complexity index is 588. The molecule has 1 N–H and O–H groups in total. The number of methoxy groups -OCH3 is 1. The summed E-state index contributed by atoms with van der Waals surface area (Å²) in [5, 5.41) is 11.1. The van der Waals surface area contributed by atoms with Gasteiger partial charge in [-0.15, -0.1) is 0 Å². The Kier molecular flexibility index (Phi) is 9.08. The van der Waals surface area contributed by atoms with E-state index in [0.29, 0.717) is 0 Å². The molecule has 0 aliphatic rings. The molecule has 0 unspecified atom stereocenters. The SMILES string of the molecule is C=C(C(=O)[Si](C(C)C)(C(C)C)C(C)C)[C@@H](O)[C@H](OCOC)c1ccccc1. The number of hydrogen-bond acceptors (Lipinski definition) is 4. The van der Waals surface area contributed by atoms with Gasteiger partial charge in [0.25, 0.3) is 0 Å². The van der Waals surface area contributed by atoms with Crippen LogP contribution in [0.25, 0.3) is 0 Å². The molecule has 0 bridgehead atoms. The van der Waals surface area contributed by atoms with Crippen LogP contribution in [0.3, 0.4) is 0 Å². The first-order chi connectivity index (χ1) is 12.6. The van der Waals surface area contributed by atoms with Crippen LogP contribution in [0, 0.1) is 0 Å². The Labute approximate surface area is 165 Å². The molecule has 27 heavy (non-hydrogen) atoms. The van der Waals surface area contributed by atoms with Gasteiger partial charge >= 0.3 is 0 Å². The van der Waals surface area contributed by atoms with Gasteiger partial charge in [0.2, 0.25) is 0 Å². The Morgan fingerprint density at radius 2 is 1.52 bits per heavy atom. The number of ether oxygens (including phenoxy) is 2. The summed E-state index contributed by atoms with van der Waals surface area (Å²) in [7, 11) is -0.890. The highest BCUT2D eigenvalue weighted by molar-refractivity contribution is 7.10. The molecule has 2 atom stereocenters. The predicted molar refractivity (Wildman–Crippen MR) is 113 cm³/mol. The van der Waals surface area contributed by atoms with Gasteiger partial charge in [-0.3, -0.25) is 0 Å². The molecule has 0 aliphatic heterocycles. The Hall–Kier alpha value is -1.27. The molecule has 1 aromatic carbocycles. The molecule has 0 saturated heterocycles. The first kappa shape index (κ1) is 23.8. The third-order valence-electron chi connectivity index (χ3n) is 5.69. The van der Waals surface area contributed by atoms with Crippen LogP contribution in [0.2, 0.25) is 16.6 Å². The third kappa shape index (κ3) is 4.96. The van der Waals surface area contributed by atoms with Gasteiger partial charge in [0, 0.05) is 12.7 Å². The fraction of sp³-hybridized carbons (Fsp3) is 0.591. The first-order valence-corrected chi connectivity index (χ1v) is 11.9. The van der Waals surface area contributed by atoms with Crippen molar-refractivity contribution in [2.75, 3.05) is 13.9 Å². The lowest BCUT2D eigenvalue weighted by molar-refractivity contribution is -0.119. The topological polar surface area (TPSA) is 55.8 Å². The quantitative estimate of drug-likeness (QED) is 0.325. The number of hydrogen-bond donors (Lipinski definition) is 1. The van der Waals surface area contributed by atoms with Gasteiger partial charge in [-0.2, -0.15) is 0 Å². The van der Waals surface area contributed by atoms with Crippen molar-refractivity contribution in [3.63, 3.8) is 0 Å². The summed E-state index contributed by atoms with van der Waals surface area (Å²) < 4.78 is 10.8. The van der Waals surface area contributed by atoms with E-state index in [0.717, 1.165) is 5.56 Å². The molecule has 0 aliphatic carbocycles. The molecule has 0 saturated carbocycles. The van der Waals surface area contributed by atoms with E-state index in [2.05, 4.69) is 48.1 Å². The van der Waals surface area contributed by atoms with Gasteiger partial charge in [0.15, 0.2) is 0 Å². The van der Waals surface area contributed by atoms with E-state index in [4.69, 9.17) is 9.47 Å². The van der Waals surface area contributed by atoms with Crippen LogP contribution in [0.4, 0.5) is 0 Å². The van der Waals surface area contributed by atoms with Gasteiger partial charge in [0.1, 0.15) is 32.5 Å². The van der Waals surface area contributed by atoms with Gasteiger partial charge in [-0.05, 0) is 22.2 Å². The molecule has 152 valence electrons. The second kappa shape index (κ2) is 10.3. The van der Waals surface area contributed by atoms with Crippen molar-refractivity contribution >= 4 is 13.5 Å². The molecular weight excluding hydrogens is 356 g/mol. The normalized spacial score (nSPS) is 14.6. The minimum atomic E-state index is -2.42. The lowest BCUT2D eigenvalue weighted by Gasteiger charge is -2.42. The summed E-state index contributed by atoms with van der Waals surface area (Å²) in [5.74, 6) is 0. The van der Waals surface area contributed by atoms with E-state index in [1.54, 1.807) is 0 Å². The Morgan fingerprint density at radius 1 is 1.04 bits per heavy atom. The first-order valence-electron chi connectivity index (χ1n) is 9.69. The zero-order valence-electron chi connectivity index (χ0n) is 17.9. The highest BCUT2D eigenvalue weighted by Crippen LogP contribution is 2.44. The van der Waals surface area contributed by atoms with E-state index >= 15 is 0 Å². The Balaban J connectivity index is 3.27. The zero-order valence-corrected chi connectivity index (χ0v) is 18.9. The van der Waals surface area contributed by atoms with Crippen LogP contribution in [-0.2, 0) is 14.3 Å². The average Bonchev–Trinajstić information content (AvgIpc) is 2.61. The summed E-state index contributed by atoms with van der Waals surface area (Å²) in [6.45, 7) is 16.8. The number of aliphatic hydroxyl groups excluding tert-OH is 1. The summed E-state index contributed by atoms with van der Waals surface area (Å²) >= 11 is 0. The maximum atomic E-state index is 13.7. The number of aliphatic hydroxyl groups is 1. The summed E-state index contributed by atoms with van der Waals surface area (Å²) in [6, 6.07) is 9.41. The fourth-order valence-corrected chi connectivity index (χ4v) is 10.8. The molecule has 0 spiro atoms. The highest BCUT2D eigenvalue weighted by atomic mass is 28.3. The minimum absolute atomic E-state index is 0.0270. The van der Waals surface area contributed by atoms with Crippen molar-refractivity contribution in [1.29, 1.82) is 0 Å². The molecule has 5 heteroatoms. The van der Waals surface area contributed by atoms with E-state index in [1.807, 2.05) is 30.3 Å². The van der Waals surface area contributed by atoms with Gasteiger partial charge in [-0.25, -0.2) is 0 Å². The standard InChI is InChI=1S/C22H36O4Si/c1-15(2)27(16(3)4,17(5)6)22(24)18(7)20(23)21(26-14-25-8)19-12-10-9-11-13-19/h9-13,15-17,20-21,23H,7,14H2,1-6,8H3/t20-,21-/m1/s1. The lowest BCUT2D eigenvalue weighted by Crippen LogP contribution is -2.54. The van der Waals surface area contributed by atoms with Crippen LogP contribution in [0.5, 0.6) is 0 Å². The number of benzene rings is 1. The number of carbonyl (C=O) groups is 1. The van der Waals surface area contributed by atoms with Crippen molar-refractivity contribution < 1.29 is 19.4 Å². The van der Waals surface area contributed by atoms with Crippen molar-refractivity contribution in [3.05, 3.63) is 48.0 Å². The number of rotatable bonds is 11. The predicted octanol–water partition coefficient (Wildman–Crippen LogP) is 5.05. The number of carbonyl (C=O) groups excluding carboxylic acids is 1. The molecule has 0 aromatic heterocycles. The molecule has 1 aromatic rings. The molecule has 0 amide bonds. The average molecular weight is 393 g/mol. The summed E-state index contributed by atoms with van der Waals surface area (Å²) in [5.41, 5.74) is 1.81. The molecule has 0 fully saturated rings. The maximum absolute atomic E-state index is 13.7. The van der Waals surface area contributed by atoms with Crippen molar-refractivity contribution in [2.24, 2.45) is 0 Å². The summed E-state index contributed by atoms with van der Waals surface area (Å²) in [4.78, 5) is 13.7. The van der Waals surface area contributed by atoms with Crippen LogP contribution in [0.15, 0.2) is 42.5 Å². The van der Waals surface area contributed by atoms with Crippen LogP contribution < -0.4 is 0 Å². The summed E-state index contributed by atoms with van der Waals surface area (Å²) in [6.07, 6.45) is -1.81. The minimum Gasteiger partial charge on any atom is -0.385 e. The van der Waals surface area contributed by atoms with Crippen LogP contribution in [-0.4, -0.2) is 38.6 Å². The van der Waals surface area contributed by atoms with Crippen LogP contribution >= 0.6 is 0 Å². The maximum Gasteiger partial charge on any atom is 0.147 e. The lowest BCUT2D eigenvalue weighted by atomic mass is 9.99. The van der Waals surface area contributed by atoms with Gasteiger partial charge in [0.05, 0.1) is 0 Å². The molecule has 0 radical (unpaired) electrons.